The molecule has 2 aliphatic rings. The van der Waals surface area contributed by atoms with Gasteiger partial charge in [0, 0.05) is 5.39 Å². The first-order valence-corrected chi connectivity index (χ1v) is 17.1. The van der Waals surface area contributed by atoms with E-state index in [9.17, 15) is 14.5 Å². The Labute approximate surface area is 276 Å². The third-order valence-corrected chi connectivity index (χ3v) is 9.43. The van der Waals surface area contributed by atoms with Crippen LogP contribution in [0.15, 0.2) is 42.5 Å². The van der Waals surface area contributed by atoms with Gasteiger partial charge in [0.05, 0.1) is 13.2 Å². The van der Waals surface area contributed by atoms with E-state index >= 15 is 8.78 Å². The number of nitrogens with zero attached hydrogens (tertiary/aromatic N) is 3. The number of carbonyl (C=O) groups excluding carboxylic acids is 1. The van der Waals surface area contributed by atoms with E-state index in [0.29, 0.717) is 5.39 Å². The molecule has 2 aliphatic heterocycles. The molecule has 1 aromatic heterocycles. The molecule has 3 aromatic rings. The van der Waals surface area contributed by atoms with Crippen LogP contribution in [0.3, 0.4) is 0 Å². The van der Waals surface area contributed by atoms with Crippen molar-refractivity contribution in [2.24, 2.45) is 5.92 Å². The predicted octanol–water partition coefficient (Wildman–Crippen LogP) is 4.68. The number of fused-ring (bicyclic) bond motifs is 2. The number of nitrogens with two attached hydrogens (primary N) is 1. The van der Waals surface area contributed by atoms with Gasteiger partial charge in [-0.15, -0.1) is 0 Å². The third kappa shape index (κ3) is 6.99. The van der Waals surface area contributed by atoms with Crippen molar-refractivity contribution in [3.05, 3.63) is 42.5 Å². The number of hydrogen-bond donors (Lipinski definition) is 4. The molecular weight excluding hydrogens is 653 g/mol. The van der Waals surface area contributed by atoms with Crippen LogP contribution >= 0.6 is 7.75 Å². The van der Waals surface area contributed by atoms with Crippen LogP contribution in [0.25, 0.3) is 10.8 Å². The van der Waals surface area contributed by atoms with Gasteiger partial charge in [-0.1, -0.05) is 50.2 Å². The Morgan fingerprint density at radius 2 is 1.92 bits per heavy atom. The van der Waals surface area contributed by atoms with Crippen LogP contribution < -0.4 is 30.3 Å². The van der Waals surface area contributed by atoms with Crippen molar-refractivity contribution in [2.75, 3.05) is 35.8 Å². The van der Waals surface area contributed by atoms with Crippen LogP contribution in [-0.2, 0) is 23.4 Å². The number of carbonyl (C=O) groups is 1. The van der Waals surface area contributed by atoms with E-state index in [-0.39, 0.29) is 48.2 Å². The number of rotatable bonds is 13. The fourth-order valence-electron chi connectivity index (χ4n) is 5.47. The molecule has 0 spiro atoms. The highest BCUT2D eigenvalue weighted by Gasteiger charge is 2.67. The Bertz CT molecular complexity index is 1700. The van der Waals surface area contributed by atoms with Gasteiger partial charge in [0.25, 0.3) is 5.85 Å². The number of nitrogens with one attached hydrogen (secondary N) is 2. The summed E-state index contributed by atoms with van der Waals surface area (Å²) in [6.07, 6.45) is -4.98. The van der Waals surface area contributed by atoms with Crippen molar-refractivity contribution in [2.45, 2.75) is 77.6 Å². The SMILES string of the molecule is CCOc1nc(N)nc2c1NC(C)N2[C@@H]1O[C@](F)(COP(=O)(NC(C)C(=O)OCC(C)C)Oc2cccc3ccccc23)[C@@H](O)[C@@]1(C)F. The maximum atomic E-state index is 16.7. The van der Waals surface area contributed by atoms with E-state index in [1.807, 2.05) is 13.8 Å². The maximum Gasteiger partial charge on any atom is 0.459 e. The van der Waals surface area contributed by atoms with Crippen molar-refractivity contribution in [1.82, 2.24) is 15.1 Å². The Morgan fingerprint density at radius 1 is 1.21 bits per heavy atom. The molecule has 5 rings (SSSR count). The van der Waals surface area contributed by atoms with Crippen molar-refractivity contribution in [1.29, 1.82) is 0 Å². The van der Waals surface area contributed by atoms with Crippen LogP contribution in [0, 0.1) is 5.92 Å². The number of halogens is 2. The topological polar surface area (TPSA) is 180 Å². The van der Waals surface area contributed by atoms with Gasteiger partial charge < -0.3 is 39.8 Å². The minimum absolute atomic E-state index is 0.0284. The number of hydrogen-bond acceptors (Lipinski definition) is 13. The quantitative estimate of drug-likeness (QED) is 0.143. The van der Waals surface area contributed by atoms with E-state index in [1.54, 1.807) is 50.2 Å². The first-order chi connectivity index (χ1) is 22.6. The zero-order valence-corrected chi connectivity index (χ0v) is 28.4. The van der Waals surface area contributed by atoms with Crippen LogP contribution in [0.5, 0.6) is 11.6 Å². The molecule has 5 N–H and O–H groups in total. The highest BCUT2D eigenvalue weighted by molar-refractivity contribution is 7.52. The van der Waals surface area contributed by atoms with Gasteiger partial charge in [0.2, 0.25) is 11.8 Å². The lowest BCUT2D eigenvalue weighted by Gasteiger charge is -2.34. The standard InChI is InChI=1S/C31H41F2N6O8P/c1-7-43-25-23-24(36-29(34)37-25)39(19(5)35-23)28-30(6,32)27(41)31(33,46-28)16-45-48(42,38-18(4)26(40)44-15-17(2)3)47-22-14-10-12-20-11-8-9-13-21(20)22/h8-14,17-19,27-28,35,41H,7,15-16H2,1-6H3,(H,38,42)(H2,34,36,37)/t18?,19?,27-,28+,30+,31+,48?/m0/s1. The molecule has 3 unspecified atom stereocenters. The Kier molecular flexibility index (Phi) is 10.0. The lowest BCUT2D eigenvalue weighted by Crippen LogP contribution is -2.53. The van der Waals surface area contributed by atoms with Gasteiger partial charge in [0.15, 0.2) is 23.8 Å². The number of aliphatic hydroxyl groups excluding tert-OH is 1. The average molecular weight is 695 g/mol. The number of anilines is 3. The monoisotopic (exact) mass is 694 g/mol. The molecular formula is C31H41F2N6O8P. The van der Waals surface area contributed by atoms with Crippen molar-refractivity contribution >= 4 is 41.9 Å². The van der Waals surface area contributed by atoms with E-state index in [0.717, 1.165) is 12.3 Å². The van der Waals surface area contributed by atoms with E-state index in [1.165, 1.54) is 17.9 Å². The summed E-state index contributed by atoms with van der Waals surface area (Å²) in [5.74, 6) is -3.94. The molecule has 0 radical (unpaired) electrons. The van der Waals surface area contributed by atoms with Crippen molar-refractivity contribution in [3.8, 4) is 11.6 Å². The zero-order chi connectivity index (χ0) is 35.0. The number of nitrogen functional groups attached to an aromatic ring is 1. The number of aromatic nitrogens is 2. The first-order valence-electron chi connectivity index (χ1n) is 15.5. The minimum Gasteiger partial charge on any atom is -0.476 e. The summed E-state index contributed by atoms with van der Waals surface area (Å²) in [7, 11) is -4.68. The summed E-state index contributed by atoms with van der Waals surface area (Å²) < 4.78 is 75.2. The second kappa shape index (κ2) is 13.6. The lowest BCUT2D eigenvalue weighted by atomic mass is 9.96. The van der Waals surface area contributed by atoms with Crippen LogP contribution in [-0.4, -0.2) is 76.9 Å². The molecule has 262 valence electrons. The highest BCUT2D eigenvalue weighted by Crippen LogP contribution is 2.52. The number of benzene rings is 2. The maximum absolute atomic E-state index is 16.7. The van der Waals surface area contributed by atoms with E-state index < -0.39 is 56.4 Å². The van der Waals surface area contributed by atoms with Crippen molar-refractivity contribution in [3.63, 3.8) is 0 Å². The van der Waals surface area contributed by atoms with Gasteiger partial charge in [-0.3, -0.25) is 9.32 Å². The summed E-state index contributed by atoms with van der Waals surface area (Å²) in [4.78, 5) is 22.2. The van der Waals surface area contributed by atoms with E-state index in [2.05, 4.69) is 20.4 Å². The van der Waals surface area contributed by atoms with Gasteiger partial charge in [-0.05, 0) is 45.1 Å². The third-order valence-electron chi connectivity index (χ3n) is 7.82. The largest absolute Gasteiger partial charge is 0.476 e. The number of ether oxygens (including phenoxy) is 3. The molecule has 14 nitrogen and oxygen atoms in total. The second-order valence-electron chi connectivity index (χ2n) is 12.3. The van der Waals surface area contributed by atoms with Gasteiger partial charge in [0.1, 0.15) is 30.3 Å². The fraction of sp³-hybridized carbons (Fsp3) is 0.516. The molecule has 17 heteroatoms. The van der Waals surface area contributed by atoms with Crippen LogP contribution in [0.1, 0.15) is 41.5 Å². The van der Waals surface area contributed by atoms with Crippen molar-refractivity contribution < 1.29 is 46.5 Å². The molecule has 1 fully saturated rings. The zero-order valence-electron chi connectivity index (χ0n) is 27.5. The fourth-order valence-corrected chi connectivity index (χ4v) is 6.99. The summed E-state index contributed by atoms with van der Waals surface area (Å²) in [5, 5.41) is 17.9. The van der Waals surface area contributed by atoms with Gasteiger partial charge >= 0.3 is 13.7 Å². The van der Waals surface area contributed by atoms with Gasteiger partial charge in [-0.2, -0.15) is 15.1 Å². The molecule has 3 heterocycles. The Morgan fingerprint density at radius 3 is 2.62 bits per heavy atom. The van der Waals surface area contributed by atoms with E-state index in [4.69, 9.17) is 29.0 Å². The second-order valence-corrected chi connectivity index (χ2v) is 14.0. The summed E-state index contributed by atoms with van der Waals surface area (Å²) in [5.41, 5.74) is 3.38. The molecule has 0 aliphatic carbocycles. The normalized spacial score (nSPS) is 27.0. The Balaban J connectivity index is 1.43. The molecule has 0 amide bonds. The van der Waals surface area contributed by atoms with Crippen LogP contribution in [0.2, 0.25) is 0 Å². The first kappa shape index (κ1) is 35.5. The highest BCUT2D eigenvalue weighted by atomic mass is 31.2. The number of aliphatic hydroxyl groups is 1. The molecule has 0 bridgehead atoms. The molecule has 48 heavy (non-hydrogen) atoms. The smallest absolute Gasteiger partial charge is 0.459 e. The average Bonchev–Trinajstić information content (AvgIpc) is 3.44. The van der Waals surface area contributed by atoms with Crippen LogP contribution in [0.4, 0.5) is 26.2 Å². The summed E-state index contributed by atoms with van der Waals surface area (Å²) in [6.45, 7) is 8.45. The predicted molar refractivity (Wildman–Crippen MR) is 174 cm³/mol. The molecule has 7 atom stereocenters. The molecule has 2 aromatic carbocycles. The summed E-state index contributed by atoms with van der Waals surface area (Å²) >= 11 is 0. The lowest BCUT2D eigenvalue weighted by molar-refractivity contribution is -0.192. The minimum atomic E-state index is -4.68. The van der Waals surface area contributed by atoms with Gasteiger partial charge in [-0.25, -0.2) is 13.3 Å². The number of esters is 1. The Hall–Kier alpha value is -3.82. The molecule has 0 saturated carbocycles. The molecule has 1 saturated heterocycles. The number of alkyl halides is 2. The summed E-state index contributed by atoms with van der Waals surface area (Å²) in [6, 6.07) is 10.8.